The second-order valence-corrected chi connectivity index (χ2v) is 19.1. The highest BCUT2D eigenvalue weighted by Gasteiger charge is 2.41. The molecule has 10 rings (SSSR count). The van der Waals surface area contributed by atoms with Crippen molar-refractivity contribution < 1.29 is 4.74 Å². The number of rotatable bonds is 11. The fourth-order valence-corrected chi connectivity index (χ4v) is 13.8. The fourth-order valence-electron chi connectivity index (χ4n) is 9.07. The van der Waals surface area contributed by atoms with Crippen LogP contribution in [0, 0.1) is 0 Å². The average molecular weight is 801 g/mol. The summed E-state index contributed by atoms with van der Waals surface area (Å²) < 4.78 is 5.58. The number of fused-ring (bicyclic) bond motifs is 2. The summed E-state index contributed by atoms with van der Waals surface area (Å²) in [7, 11) is -1.17. The molecule has 61 heavy (non-hydrogen) atoms. The highest BCUT2D eigenvalue weighted by atomic mass is 28.3. The van der Waals surface area contributed by atoms with E-state index in [1.165, 1.54) is 42.3 Å². The molecule has 0 aromatic heterocycles. The van der Waals surface area contributed by atoms with Gasteiger partial charge >= 0.3 is 0 Å². The Hall–Kier alpha value is -7.66. The lowest BCUT2D eigenvalue weighted by Crippen LogP contribution is -2.74. The molecule has 0 N–H and O–H groups in total. The Kier molecular flexibility index (Phi) is 10.2. The first-order chi connectivity index (χ1) is 30.2. The van der Waals surface area contributed by atoms with Crippen LogP contribution in [0.5, 0.6) is 5.75 Å². The van der Waals surface area contributed by atoms with Crippen LogP contribution < -0.4 is 35.3 Å². The average Bonchev–Trinajstić information content (AvgIpc) is 3.34. The molecule has 0 radical (unpaired) electrons. The van der Waals surface area contributed by atoms with Gasteiger partial charge in [0.15, 0.2) is 8.07 Å². The molecular weight excluding hydrogens is 757 g/mol. The van der Waals surface area contributed by atoms with Crippen LogP contribution in [0.1, 0.15) is 0 Å². The number of hydrogen-bond acceptors (Lipinski definition) is 3. The van der Waals surface area contributed by atoms with Crippen LogP contribution >= 0.6 is 0 Å². The molecule has 0 atom stereocenters. The van der Waals surface area contributed by atoms with Crippen LogP contribution in [0.15, 0.2) is 249 Å². The Morgan fingerprint density at radius 2 is 0.623 bits per heavy atom. The molecule has 0 heterocycles. The molecule has 0 unspecified atom stereocenters. The third-order valence-electron chi connectivity index (χ3n) is 11.9. The number of anilines is 6. The lowest BCUT2D eigenvalue weighted by atomic mass is 10.1. The highest BCUT2D eigenvalue weighted by molar-refractivity contribution is 7.19. The SMILES string of the molecule is COc1ccc(N(c2ccc([Si](c3ccccc3)(c3ccccc3)c3ccc(N(c4ccccc4)c4cccc5ccccc45)cc3)cc2)c2cccc3ccccc23)cc1. The summed E-state index contributed by atoms with van der Waals surface area (Å²) in [6, 6.07) is 90.5. The van der Waals surface area contributed by atoms with Crippen molar-refractivity contribution in [2.24, 2.45) is 0 Å². The number of ether oxygens (including phenoxy) is 1. The number of methoxy groups -OCH3 is 1. The maximum absolute atomic E-state index is 5.58. The Bertz CT molecular complexity index is 3000. The van der Waals surface area contributed by atoms with Gasteiger partial charge in [0.25, 0.3) is 0 Å². The van der Waals surface area contributed by atoms with Gasteiger partial charge in [0.05, 0.1) is 18.5 Å². The van der Waals surface area contributed by atoms with Crippen molar-refractivity contribution in [1.29, 1.82) is 0 Å². The first-order valence-electron chi connectivity index (χ1n) is 20.8. The van der Waals surface area contributed by atoms with Crippen LogP contribution in [0.25, 0.3) is 21.5 Å². The van der Waals surface area contributed by atoms with Gasteiger partial charge in [0.1, 0.15) is 5.75 Å². The van der Waals surface area contributed by atoms with Crippen molar-refractivity contribution in [1.82, 2.24) is 0 Å². The minimum atomic E-state index is -2.89. The predicted molar refractivity (Wildman–Crippen MR) is 261 cm³/mol. The van der Waals surface area contributed by atoms with Crippen LogP contribution in [0.3, 0.4) is 0 Å². The highest BCUT2D eigenvalue weighted by Crippen LogP contribution is 2.40. The number of para-hydroxylation sites is 1. The second-order valence-electron chi connectivity index (χ2n) is 15.3. The molecular formula is C57H44N2OSi. The standard InChI is InChI=1S/C57H44N2OSi/c1-60-49-37-31-46(32-38-49)59(57-30-16-20-44-18-12-14-28-55(44)57)48-35-41-53(42-36-48)61(50-23-7-3-8-24-50,51-25-9-4-10-26-51)52-39-33-47(34-40-52)58(45-21-5-2-6-22-45)56-29-15-19-43-17-11-13-27-54(43)56/h2-42H,1H3. The van der Waals surface area contributed by atoms with Gasteiger partial charge < -0.3 is 14.5 Å². The van der Waals surface area contributed by atoms with Crippen molar-refractivity contribution >= 4 is 84.5 Å². The molecule has 0 spiro atoms. The Balaban J connectivity index is 1.15. The topological polar surface area (TPSA) is 15.7 Å². The molecule has 0 amide bonds. The third kappa shape index (κ3) is 6.93. The third-order valence-corrected chi connectivity index (χ3v) is 16.7. The fraction of sp³-hybridized carbons (Fsp3) is 0.0175. The molecule has 0 saturated carbocycles. The summed E-state index contributed by atoms with van der Waals surface area (Å²) in [5.74, 6) is 0.827. The van der Waals surface area contributed by atoms with Crippen LogP contribution in [-0.4, -0.2) is 15.2 Å². The summed E-state index contributed by atoms with van der Waals surface area (Å²) in [5, 5.41) is 10.1. The molecule has 292 valence electrons. The van der Waals surface area contributed by atoms with Crippen molar-refractivity contribution in [3.05, 3.63) is 249 Å². The zero-order chi connectivity index (χ0) is 41.0. The normalized spacial score (nSPS) is 11.4. The second kappa shape index (κ2) is 16.5. The Morgan fingerprint density at radius 3 is 1.05 bits per heavy atom. The summed E-state index contributed by atoms with van der Waals surface area (Å²) in [5.41, 5.74) is 6.63. The molecule has 0 aliphatic rings. The zero-order valence-corrected chi connectivity index (χ0v) is 35.0. The zero-order valence-electron chi connectivity index (χ0n) is 34.0. The minimum absolute atomic E-state index is 0.827. The van der Waals surface area contributed by atoms with Gasteiger partial charge in [-0.15, -0.1) is 0 Å². The molecule has 0 saturated heterocycles. The van der Waals surface area contributed by atoms with E-state index in [0.29, 0.717) is 0 Å². The number of nitrogens with zero attached hydrogens (tertiary/aromatic N) is 2. The van der Waals surface area contributed by atoms with E-state index in [0.717, 1.165) is 39.9 Å². The monoisotopic (exact) mass is 800 g/mol. The number of hydrogen-bond donors (Lipinski definition) is 0. The van der Waals surface area contributed by atoms with E-state index in [9.17, 15) is 0 Å². The molecule has 10 aromatic carbocycles. The van der Waals surface area contributed by atoms with Crippen LogP contribution in [0.2, 0.25) is 0 Å². The molecule has 4 heteroatoms. The van der Waals surface area contributed by atoms with Gasteiger partial charge in [-0.25, -0.2) is 0 Å². The van der Waals surface area contributed by atoms with Gasteiger partial charge in [0, 0.05) is 33.5 Å². The van der Waals surface area contributed by atoms with Crippen LogP contribution in [-0.2, 0) is 0 Å². The van der Waals surface area contributed by atoms with E-state index in [1.807, 2.05) is 12.1 Å². The van der Waals surface area contributed by atoms with Crippen LogP contribution in [0.4, 0.5) is 34.1 Å². The van der Waals surface area contributed by atoms with E-state index in [-0.39, 0.29) is 0 Å². The van der Waals surface area contributed by atoms with Crippen molar-refractivity contribution in [3.8, 4) is 5.75 Å². The van der Waals surface area contributed by atoms with Crippen molar-refractivity contribution in [2.75, 3.05) is 16.9 Å². The molecule has 3 nitrogen and oxygen atoms in total. The van der Waals surface area contributed by atoms with E-state index in [2.05, 4.69) is 246 Å². The van der Waals surface area contributed by atoms with Gasteiger partial charge in [-0.2, -0.15) is 0 Å². The lowest BCUT2D eigenvalue weighted by molar-refractivity contribution is 0.415. The van der Waals surface area contributed by atoms with Gasteiger partial charge in [-0.05, 0) is 104 Å². The summed E-state index contributed by atoms with van der Waals surface area (Å²) in [6.07, 6.45) is 0. The smallest absolute Gasteiger partial charge is 0.179 e. The molecule has 0 fully saturated rings. The Morgan fingerprint density at radius 1 is 0.295 bits per heavy atom. The quantitative estimate of drug-likeness (QED) is 0.0957. The van der Waals surface area contributed by atoms with E-state index >= 15 is 0 Å². The van der Waals surface area contributed by atoms with E-state index < -0.39 is 8.07 Å². The molecule has 0 aliphatic heterocycles. The Labute approximate surface area is 359 Å². The summed E-state index contributed by atoms with van der Waals surface area (Å²) >= 11 is 0. The summed E-state index contributed by atoms with van der Waals surface area (Å²) in [6.45, 7) is 0. The number of benzene rings is 10. The van der Waals surface area contributed by atoms with E-state index in [4.69, 9.17) is 4.74 Å². The first-order valence-corrected chi connectivity index (χ1v) is 22.8. The maximum Gasteiger partial charge on any atom is 0.179 e. The largest absolute Gasteiger partial charge is 0.497 e. The molecule has 10 aromatic rings. The van der Waals surface area contributed by atoms with Gasteiger partial charge in [-0.1, -0.05) is 176 Å². The van der Waals surface area contributed by atoms with Gasteiger partial charge in [0.2, 0.25) is 0 Å². The predicted octanol–water partition coefficient (Wildman–Crippen LogP) is 12.3. The lowest BCUT2D eigenvalue weighted by Gasteiger charge is -2.35. The molecule has 0 bridgehead atoms. The molecule has 0 aliphatic carbocycles. The van der Waals surface area contributed by atoms with Crippen molar-refractivity contribution in [3.63, 3.8) is 0 Å². The minimum Gasteiger partial charge on any atom is -0.497 e. The first kappa shape index (κ1) is 37.6. The maximum atomic E-state index is 5.58. The van der Waals surface area contributed by atoms with Gasteiger partial charge in [-0.3, -0.25) is 0 Å². The van der Waals surface area contributed by atoms with E-state index in [1.54, 1.807) is 7.11 Å². The van der Waals surface area contributed by atoms with Crippen molar-refractivity contribution in [2.45, 2.75) is 0 Å². The summed E-state index contributed by atoms with van der Waals surface area (Å²) in [4.78, 5) is 4.75.